The van der Waals surface area contributed by atoms with Crippen LogP contribution in [-0.2, 0) is 30.5 Å². The largest absolute Gasteiger partial charge is 0.452 e. The summed E-state index contributed by atoms with van der Waals surface area (Å²) in [6, 6.07) is 3.88. The molecule has 1 aromatic rings. The fraction of sp³-hybridized carbons (Fsp3) is 0.560. The summed E-state index contributed by atoms with van der Waals surface area (Å²) in [5, 5.41) is 6.96. The number of carbonyl (C=O) groups excluding carboxylic acids is 5. The molecule has 4 amide bonds. The zero-order valence-corrected chi connectivity index (χ0v) is 21.6. The van der Waals surface area contributed by atoms with E-state index in [9.17, 15) is 37.1 Å². The summed E-state index contributed by atoms with van der Waals surface area (Å²) in [7, 11) is 0. The number of rotatable bonds is 10. The third kappa shape index (κ3) is 8.45. The number of amides is 4. The zero-order chi connectivity index (χ0) is 28.6. The second-order valence-electron chi connectivity index (χ2n) is 9.44. The third-order valence-electron chi connectivity index (χ3n) is 6.03. The third-order valence-corrected chi connectivity index (χ3v) is 6.03. The number of halogens is 3. The number of nitrogens with zero attached hydrogens (tertiary/aromatic N) is 1. The van der Waals surface area contributed by atoms with E-state index in [-0.39, 0.29) is 19.6 Å². The van der Waals surface area contributed by atoms with Gasteiger partial charge in [-0.3, -0.25) is 19.2 Å². The standard InChI is InChI=1S/C25H33F3N4O6/c1-14(2)19(20(33)25(26,27)28)31-22(35)18-11-8-12-32(18)23(36)16(4)29-21(34)15(3)30-24(37)38-13-17-9-6-5-7-10-17/h5-7,9-10,14-16,18-19H,8,11-13H2,1-4H3,(H,29,34)(H,30,37)(H,31,35). The molecule has 0 bridgehead atoms. The van der Waals surface area contributed by atoms with Gasteiger partial charge in [-0.15, -0.1) is 0 Å². The van der Waals surface area contributed by atoms with Crippen LogP contribution in [0.15, 0.2) is 30.3 Å². The molecule has 13 heteroatoms. The summed E-state index contributed by atoms with van der Waals surface area (Å²) in [5.74, 6) is -5.08. The molecule has 0 spiro atoms. The Morgan fingerprint density at radius 1 is 0.974 bits per heavy atom. The highest BCUT2D eigenvalue weighted by Crippen LogP contribution is 2.23. The van der Waals surface area contributed by atoms with Gasteiger partial charge in [0.15, 0.2) is 0 Å². The summed E-state index contributed by atoms with van der Waals surface area (Å²) in [4.78, 5) is 63.2. The van der Waals surface area contributed by atoms with Crippen molar-refractivity contribution in [2.45, 2.75) is 77.5 Å². The van der Waals surface area contributed by atoms with Crippen molar-refractivity contribution in [3.8, 4) is 0 Å². The summed E-state index contributed by atoms with van der Waals surface area (Å²) >= 11 is 0. The second kappa shape index (κ2) is 13.2. The van der Waals surface area contributed by atoms with Crippen molar-refractivity contribution in [3.63, 3.8) is 0 Å². The minimum atomic E-state index is -5.12. The van der Waals surface area contributed by atoms with Crippen molar-refractivity contribution in [1.82, 2.24) is 20.9 Å². The molecule has 1 heterocycles. The minimum absolute atomic E-state index is 0.000543. The van der Waals surface area contributed by atoms with Gasteiger partial charge in [-0.1, -0.05) is 44.2 Å². The average Bonchev–Trinajstić information content (AvgIpc) is 3.35. The van der Waals surface area contributed by atoms with E-state index in [1.807, 2.05) is 6.07 Å². The number of alkyl carbamates (subject to hydrolysis) is 1. The molecule has 2 rings (SSSR count). The predicted molar refractivity (Wildman–Crippen MR) is 129 cm³/mol. The fourth-order valence-corrected chi connectivity index (χ4v) is 3.92. The lowest BCUT2D eigenvalue weighted by Crippen LogP contribution is -2.57. The van der Waals surface area contributed by atoms with Crippen LogP contribution >= 0.6 is 0 Å². The number of ether oxygens (including phenoxy) is 1. The summed E-state index contributed by atoms with van der Waals surface area (Å²) in [5.41, 5.74) is 0.755. The van der Waals surface area contributed by atoms with Crippen molar-refractivity contribution in [2.75, 3.05) is 6.54 Å². The SMILES string of the molecule is CC(NC(=O)OCc1ccccc1)C(=O)NC(C)C(=O)N1CCCC1C(=O)NC(C(=O)C(F)(F)F)C(C)C. The van der Waals surface area contributed by atoms with Crippen LogP contribution in [-0.4, -0.2) is 71.4 Å². The van der Waals surface area contributed by atoms with E-state index in [2.05, 4.69) is 16.0 Å². The van der Waals surface area contributed by atoms with Crippen molar-refractivity contribution in [3.05, 3.63) is 35.9 Å². The highest BCUT2D eigenvalue weighted by molar-refractivity contribution is 5.97. The molecule has 0 radical (unpaired) electrons. The molecular formula is C25H33F3N4O6. The van der Waals surface area contributed by atoms with Crippen LogP contribution in [0.5, 0.6) is 0 Å². The van der Waals surface area contributed by atoms with Crippen molar-refractivity contribution < 1.29 is 41.9 Å². The smallest absolute Gasteiger partial charge is 0.445 e. The number of Topliss-reactive ketones (excluding diaryl/α,β-unsaturated/α-hetero) is 1. The quantitative estimate of drug-likeness (QED) is 0.415. The number of hydrogen-bond acceptors (Lipinski definition) is 6. The molecule has 10 nitrogen and oxygen atoms in total. The van der Waals surface area contributed by atoms with E-state index >= 15 is 0 Å². The van der Waals surface area contributed by atoms with Crippen molar-refractivity contribution in [1.29, 1.82) is 0 Å². The molecule has 3 N–H and O–H groups in total. The van der Waals surface area contributed by atoms with Gasteiger partial charge in [-0.25, -0.2) is 4.79 Å². The van der Waals surface area contributed by atoms with E-state index < -0.39 is 65.9 Å². The normalized spacial score (nSPS) is 17.8. The van der Waals surface area contributed by atoms with Crippen LogP contribution in [0.25, 0.3) is 0 Å². The minimum Gasteiger partial charge on any atom is -0.445 e. The molecular weight excluding hydrogens is 509 g/mol. The molecule has 38 heavy (non-hydrogen) atoms. The van der Waals surface area contributed by atoms with Gasteiger partial charge in [0.2, 0.25) is 17.7 Å². The lowest BCUT2D eigenvalue weighted by Gasteiger charge is -2.30. The average molecular weight is 543 g/mol. The van der Waals surface area contributed by atoms with E-state index in [0.29, 0.717) is 6.42 Å². The number of ketones is 1. The second-order valence-corrected chi connectivity index (χ2v) is 9.44. The Bertz CT molecular complexity index is 1020. The van der Waals surface area contributed by atoms with Crippen molar-refractivity contribution in [2.24, 2.45) is 5.92 Å². The number of nitrogens with one attached hydrogen (secondary N) is 3. The monoisotopic (exact) mass is 542 g/mol. The maximum atomic E-state index is 13.0. The fourth-order valence-electron chi connectivity index (χ4n) is 3.92. The van der Waals surface area contributed by atoms with Gasteiger partial charge in [-0.05, 0) is 38.2 Å². The lowest BCUT2D eigenvalue weighted by molar-refractivity contribution is -0.175. The van der Waals surface area contributed by atoms with E-state index in [0.717, 1.165) is 5.56 Å². The molecule has 4 unspecified atom stereocenters. The van der Waals surface area contributed by atoms with Crippen LogP contribution in [0.3, 0.4) is 0 Å². The van der Waals surface area contributed by atoms with Gasteiger partial charge < -0.3 is 25.6 Å². The van der Waals surface area contributed by atoms with Crippen LogP contribution in [0.4, 0.5) is 18.0 Å². The summed E-state index contributed by atoms with van der Waals surface area (Å²) in [6.07, 6.45) is -5.35. The van der Waals surface area contributed by atoms with Gasteiger partial charge in [0, 0.05) is 6.54 Å². The van der Waals surface area contributed by atoms with E-state index in [1.165, 1.54) is 32.6 Å². The van der Waals surface area contributed by atoms with Gasteiger partial charge in [0.05, 0.1) is 6.04 Å². The Hall–Kier alpha value is -3.64. The Labute approximate surface area is 218 Å². The predicted octanol–water partition coefficient (Wildman–Crippen LogP) is 2.07. The van der Waals surface area contributed by atoms with Gasteiger partial charge >= 0.3 is 12.3 Å². The van der Waals surface area contributed by atoms with Crippen LogP contribution < -0.4 is 16.0 Å². The number of hydrogen-bond donors (Lipinski definition) is 3. The molecule has 1 aliphatic rings. The lowest BCUT2D eigenvalue weighted by atomic mass is 9.98. The maximum absolute atomic E-state index is 13.0. The Balaban J connectivity index is 1.92. The molecule has 1 fully saturated rings. The van der Waals surface area contributed by atoms with Gasteiger partial charge in [0.25, 0.3) is 5.78 Å². The molecule has 210 valence electrons. The van der Waals surface area contributed by atoms with E-state index in [4.69, 9.17) is 4.74 Å². The molecule has 0 saturated carbocycles. The first-order valence-corrected chi connectivity index (χ1v) is 12.2. The van der Waals surface area contributed by atoms with Crippen LogP contribution in [0, 0.1) is 5.92 Å². The van der Waals surface area contributed by atoms with Gasteiger partial charge in [-0.2, -0.15) is 13.2 Å². The van der Waals surface area contributed by atoms with Crippen LogP contribution in [0.1, 0.15) is 46.1 Å². The topological polar surface area (TPSA) is 134 Å². The number of carbonyl (C=O) groups is 5. The first-order valence-electron chi connectivity index (χ1n) is 12.2. The highest BCUT2D eigenvalue weighted by Gasteiger charge is 2.46. The van der Waals surface area contributed by atoms with Gasteiger partial charge in [0.1, 0.15) is 24.7 Å². The van der Waals surface area contributed by atoms with Crippen molar-refractivity contribution >= 4 is 29.6 Å². The number of alkyl halides is 3. The summed E-state index contributed by atoms with van der Waals surface area (Å²) < 4.78 is 43.9. The van der Waals surface area contributed by atoms with Crippen LogP contribution in [0.2, 0.25) is 0 Å². The molecule has 0 aromatic heterocycles. The zero-order valence-electron chi connectivity index (χ0n) is 21.6. The Morgan fingerprint density at radius 2 is 1.61 bits per heavy atom. The Morgan fingerprint density at radius 3 is 2.18 bits per heavy atom. The highest BCUT2D eigenvalue weighted by atomic mass is 19.4. The molecule has 4 atom stereocenters. The summed E-state index contributed by atoms with van der Waals surface area (Å²) in [6.45, 7) is 5.67. The molecule has 1 aromatic carbocycles. The Kier molecular flexibility index (Phi) is 10.7. The van der Waals surface area contributed by atoms with E-state index in [1.54, 1.807) is 24.3 Å². The molecule has 0 aliphatic carbocycles. The first-order chi connectivity index (χ1) is 17.7. The maximum Gasteiger partial charge on any atom is 0.452 e. The first kappa shape index (κ1) is 30.6. The number of likely N-dealkylation sites (tertiary alicyclic amines) is 1. The molecule has 1 aliphatic heterocycles. The molecule has 1 saturated heterocycles. The number of benzene rings is 1.